The first kappa shape index (κ1) is 16.8. The summed E-state index contributed by atoms with van der Waals surface area (Å²) in [4.78, 5) is 21.3. The van der Waals surface area contributed by atoms with E-state index >= 15 is 0 Å². The summed E-state index contributed by atoms with van der Waals surface area (Å²) in [5.74, 6) is 0.577. The van der Waals surface area contributed by atoms with Crippen LogP contribution in [-0.2, 0) is 0 Å². The molecule has 0 saturated carbocycles. The highest BCUT2D eigenvalue weighted by molar-refractivity contribution is 6.01. The van der Waals surface area contributed by atoms with Crippen molar-refractivity contribution in [3.63, 3.8) is 0 Å². The average molecular weight is 328 g/mol. The van der Waals surface area contributed by atoms with E-state index in [9.17, 15) is 4.79 Å². The highest BCUT2D eigenvalue weighted by Gasteiger charge is 2.16. The van der Waals surface area contributed by atoms with Crippen LogP contribution in [0.2, 0.25) is 0 Å². The van der Waals surface area contributed by atoms with Crippen molar-refractivity contribution < 1.29 is 4.79 Å². The maximum absolute atomic E-state index is 12.1. The quantitative estimate of drug-likeness (QED) is 0.623. The zero-order chi connectivity index (χ0) is 17.8. The Kier molecular flexibility index (Phi) is 4.85. The van der Waals surface area contributed by atoms with Gasteiger partial charge in [0.15, 0.2) is 11.6 Å². The third-order valence-corrected chi connectivity index (χ3v) is 4.01. The second kappa shape index (κ2) is 7.22. The summed E-state index contributed by atoms with van der Waals surface area (Å²) >= 11 is 0. The number of carbonyl (C=O) groups is 1. The van der Waals surface area contributed by atoms with E-state index in [-0.39, 0.29) is 5.78 Å². The van der Waals surface area contributed by atoms with Crippen molar-refractivity contribution >= 4 is 17.9 Å². The summed E-state index contributed by atoms with van der Waals surface area (Å²) in [5, 5.41) is 0. The summed E-state index contributed by atoms with van der Waals surface area (Å²) in [6.45, 7) is 5.45. The van der Waals surface area contributed by atoms with E-state index < -0.39 is 0 Å². The molecule has 0 N–H and O–H groups in total. The predicted molar refractivity (Wildman–Crippen MR) is 102 cm³/mol. The minimum atomic E-state index is -0.0216. The van der Waals surface area contributed by atoms with Crippen molar-refractivity contribution in [3.8, 4) is 11.3 Å². The largest absolute Gasteiger partial charge is 0.294 e. The number of nitrogens with zero attached hydrogens (tertiary/aromatic N) is 2. The Bertz CT molecular complexity index is 926. The molecule has 2 aromatic carbocycles. The maximum Gasteiger partial charge on any atom is 0.163 e. The van der Waals surface area contributed by atoms with Crippen LogP contribution in [-0.4, -0.2) is 15.8 Å². The Morgan fingerprint density at radius 2 is 1.56 bits per heavy atom. The lowest BCUT2D eigenvalue weighted by molar-refractivity contribution is 0.101. The monoisotopic (exact) mass is 328 g/mol. The third-order valence-electron chi connectivity index (χ3n) is 4.01. The summed E-state index contributed by atoms with van der Waals surface area (Å²) in [5.41, 5.74) is 5.15. The molecule has 124 valence electrons. The van der Waals surface area contributed by atoms with Gasteiger partial charge in [-0.25, -0.2) is 9.97 Å². The predicted octanol–water partition coefficient (Wildman–Crippen LogP) is 5.13. The van der Waals surface area contributed by atoms with Crippen molar-refractivity contribution in [1.82, 2.24) is 9.97 Å². The molecule has 0 unspecified atom stereocenters. The van der Waals surface area contributed by atoms with E-state index in [0.717, 1.165) is 11.1 Å². The van der Waals surface area contributed by atoms with E-state index in [1.165, 1.54) is 5.56 Å². The van der Waals surface area contributed by atoms with Crippen molar-refractivity contribution in [2.24, 2.45) is 0 Å². The zero-order valence-corrected chi connectivity index (χ0v) is 14.7. The first-order valence-electron chi connectivity index (χ1n) is 8.24. The van der Waals surface area contributed by atoms with Crippen molar-refractivity contribution in [2.75, 3.05) is 0 Å². The topological polar surface area (TPSA) is 42.9 Å². The van der Waals surface area contributed by atoms with Gasteiger partial charge in [0.2, 0.25) is 0 Å². The lowest BCUT2D eigenvalue weighted by Crippen LogP contribution is -2.06. The normalized spacial score (nSPS) is 11.0. The molecular weight excluding hydrogens is 308 g/mol. The Morgan fingerprint density at radius 1 is 0.880 bits per heavy atom. The van der Waals surface area contributed by atoms with Crippen molar-refractivity contribution in [2.45, 2.75) is 20.8 Å². The average Bonchev–Trinajstić information content (AvgIpc) is 2.60. The van der Waals surface area contributed by atoms with Crippen molar-refractivity contribution in [3.05, 3.63) is 82.8 Å². The molecule has 1 heterocycles. The van der Waals surface area contributed by atoms with Crippen LogP contribution in [0.5, 0.6) is 0 Å². The van der Waals surface area contributed by atoms with Crippen LogP contribution < -0.4 is 0 Å². The number of ketones is 1. The first-order chi connectivity index (χ1) is 12.0. The molecule has 3 heteroatoms. The molecule has 1 aromatic heterocycles. The molecule has 0 aliphatic heterocycles. The zero-order valence-electron chi connectivity index (χ0n) is 14.7. The Balaban J connectivity index is 2.09. The smallest absolute Gasteiger partial charge is 0.163 e. The molecule has 0 fully saturated rings. The summed E-state index contributed by atoms with van der Waals surface area (Å²) < 4.78 is 0. The Hall–Kier alpha value is -3.07. The number of Topliss-reactive ketones (excluding diaryl/α,β-unsaturated/α-hetero) is 1. The van der Waals surface area contributed by atoms with Gasteiger partial charge < -0.3 is 0 Å². The van der Waals surface area contributed by atoms with Gasteiger partial charge in [-0.15, -0.1) is 0 Å². The molecule has 0 amide bonds. The highest BCUT2D eigenvalue weighted by atomic mass is 16.1. The van der Waals surface area contributed by atoms with Crippen LogP contribution in [0.1, 0.15) is 39.9 Å². The molecule has 3 rings (SSSR count). The summed E-state index contributed by atoms with van der Waals surface area (Å²) in [6, 6.07) is 18.0. The molecule has 0 saturated heterocycles. The number of rotatable bonds is 4. The number of hydrogen-bond donors (Lipinski definition) is 0. The molecular formula is C22H20N2O. The van der Waals surface area contributed by atoms with Gasteiger partial charge in [0.25, 0.3) is 0 Å². The Morgan fingerprint density at radius 3 is 2.20 bits per heavy atom. The number of aryl methyl sites for hydroxylation is 2. The van der Waals surface area contributed by atoms with E-state index in [4.69, 9.17) is 0 Å². The minimum absolute atomic E-state index is 0.0216. The van der Waals surface area contributed by atoms with Gasteiger partial charge in [-0.1, -0.05) is 66.2 Å². The molecule has 3 nitrogen and oxygen atoms in total. The van der Waals surface area contributed by atoms with Gasteiger partial charge in [-0.2, -0.15) is 0 Å². The fourth-order valence-corrected chi connectivity index (χ4v) is 2.75. The number of hydrogen-bond acceptors (Lipinski definition) is 3. The van der Waals surface area contributed by atoms with Crippen LogP contribution in [0.4, 0.5) is 0 Å². The second-order valence-corrected chi connectivity index (χ2v) is 6.06. The maximum atomic E-state index is 12.1. The molecule has 0 aliphatic rings. The van der Waals surface area contributed by atoms with Crippen LogP contribution in [0, 0.1) is 13.8 Å². The second-order valence-electron chi connectivity index (χ2n) is 6.06. The van der Waals surface area contributed by atoms with Crippen molar-refractivity contribution in [1.29, 1.82) is 0 Å². The fourth-order valence-electron chi connectivity index (χ4n) is 2.75. The van der Waals surface area contributed by atoms with Crippen LogP contribution in [0.25, 0.3) is 23.4 Å². The third kappa shape index (κ3) is 3.89. The lowest BCUT2D eigenvalue weighted by atomic mass is 10.0. The first-order valence-corrected chi connectivity index (χ1v) is 8.24. The molecule has 0 bridgehead atoms. The molecule has 25 heavy (non-hydrogen) atoms. The van der Waals surface area contributed by atoms with Gasteiger partial charge >= 0.3 is 0 Å². The highest BCUT2D eigenvalue weighted by Crippen LogP contribution is 2.25. The molecule has 3 aromatic rings. The Labute approximate surface area is 148 Å². The van der Waals surface area contributed by atoms with E-state index in [1.807, 2.05) is 80.6 Å². The summed E-state index contributed by atoms with van der Waals surface area (Å²) in [7, 11) is 0. The van der Waals surface area contributed by atoms with Gasteiger partial charge in [0.1, 0.15) is 0 Å². The standard InChI is InChI=1S/C22H20N2O/c1-15-9-12-19(13-10-15)22-21(17(3)25)16(2)23-20(24-22)14-11-18-7-5-4-6-8-18/h4-14H,1-3H3/b14-11+. The molecule has 0 spiro atoms. The van der Waals surface area contributed by atoms with Gasteiger partial charge in [-0.05, 0) is 32.4 Å². The van der Waals surface area contributed by atoms with Gasteiger partial charge in [0.05, 0.1) is 17.0 Å². The summed E-state index contributed by atoms with van der Waals surface area (Å²) in [6.07, 6.45) is 3.85. The van der Waals surface area contributed by atoms with Crippen LogP contribution >= 0.6 is 0 Å². The van der Waals surface area contributed by atoms with Gasteiger partial charge in [0, 0.05) is 5.56 Å². The molecule has 0 atom stereocenters. The van der Waals surface area contributed by atoms with E-state index in [2.05, 4.69) is 9.97 Å². The number of carbonyl (C=O) groups excluding carboxylic acids is 1. The number of aromatic nitrogens is 2. The van der Waals surface area contributed by atoms with E-state index in [1.54, 1.807) is 6.92 Å². The fraction of sp³-hybridized carbons (Fsp3) is 0.136. The minimum Gasteiger partial charge on any atom is -0.294 e. The number of benzene rings is 2. The lowest BCUT2D eigenvalue weighted by Gasteiger charge is -2.10. The van der Waals surface area contributed by atoms with Crippen LogP contribution in [0.3, 0.4) is 0 Å². The van der Waals surface area contributed by atoms with Gasteiger partial charge in [-0.3, -0.25) is 4.79 Å². The van der Waals surface area contributed by atoms with E-state index in [0.29, 0.717) is 22.8 Å². The SMILES string of the molecule is CC(=O)c1c(C)nc(/C=C/c2ccccc2)nc1-c1ccc(C)cc1. The molecule has 0 radical (unpaired) electrons. The van der Waals surface area contributed by atoms with Crippen LogP contribution in [0.15, 0.2) is 54.6 Å². The molecule has 0 aliphatic carbocycles.